The number of hydrogen-bond acceptors (Lipinski definition) is 5. The molecule has 3 aromatic carbocycles. The zero-order valence-electron chi connectivity index (χ0n) is 27.8. The summed E-state index contributed by atoms with van der Waals surface area (Å²) in [4.78, 5) is 28.2. The highest BCUT2D eigenvalue weighted by Gasteiger charge is 2.73. The van der Waals surface area contributed by atoms with Gasteiger partial charge < -0.3 is 14.5 Å². The largest absolute Gasteiger partial charge is 0.430 e. The summed E-state index contributed by atoms with van der Waals surface area (Å²) in [6.45, 7) is 1.07. The molecule has 0 aromatic heterocycles. The Kier molecular flexibility index (Phi) is 10.3. The monoisotopic (exact) mass is 764 g/mol. The van der Waals surface area contributed by atoms with Crippen LogP contribution in [0.4, 0.5) is 39.5 Å². The Bertz CT molecular complexity index is 1890. The first-order valence-electron chi connectivity index (χ1n) is 16.0. The van der Waals surface area contributed by atoms with Crippen LogP contribution in [-0.4, -0.2) is 68.6 Å². The molecular weight excluding hydrogens is 731 g/mol. The summed E-state index contributed by atoms with van der Waals surface area (Å²) < 4.78 is 161. The molecule has 0 saturated carbocycles. The molecule has 2 aliphatic rings. The number of hydrogen-bond donors (Lipinski definition) is 0. The van der Waals surface area contributed by atoms with Gasteiger partial charge in [-0.1, -0.05) is 37.3 Å². The van der Waals surface area contributed by atoms with Gasteiger partial charge in [-0.25, -0.2) is 21.6 Å². The van der Waals surface area contributed by atoms with Crippen LogP contribution in [0, 0.1) is 22.9 Å². The smallest absolute Gasteiger partial charge is 0.349 e. The number of carbonyl (C=O) groups excluding carboxylic acids is 2. The van der Waals surface area contributed by atoms with Gasteiger partial charge in [-0.3, -0.25) is 9.59 Å². The van der Waals surface area contributed by atoms with Crippen molar-refractivity contribution >= 4 is 21.7 Å². The first-order chi connectivity index (χ1) is 24.1. The van der Waals surface area contributed by atoms with Crippen LogP contribution in [0.5, 0.6) is 0 Å². The molecular formula is C35H33F9N2O5S. The van der Waals surface area contributed by atoms with Gasteiger partial charge in [-0.15, -0.1) is 0 Å². The van der Waals surface area contributed by atoms with Crippen molar-refractivity contribution in [2.75, 3.05) is 26.2 Å². The van der Waals surface area contributed by atoms with E-state index >= 15 is 0 Å². The number of sulfone groups is 1. The fourth-order valence-electron chi connectivity index (χ4n) is 6.91. The molecule has 3 aromatic rings. The summed E-state index contributed by atoms with van der Waals surface area (Å²) in [5.41, 5.74) is -9.14. The Balaban J connectivity index is 1.58. The third kappa shape index (κ3) is 6.65. The molecule has 52 heavy (non-hydrogen) atoms. The van der Waals surface area contributed by atoms with Crippen LogP contribution in [0.1, 0.15) is 49.8 Å². The normalized spacial score (nSPS) is 19.9. The fraction of sp³-hybridized carbons (Fsp3) is 0.429. The number of amides is 2. The molecule has 0 aliphatic carbocycles. The van der Waals surface area contributed by atoms with Crippen LogP contribution in [0.3, 0.4) is 0 Å². The van der Waals surface area contributed by atoms with Gasteiger partial charge in [0.15, 0.2) is 9.84 Å². The Labute approximate surface area is 293 Å². The Hall–Kier alpha value is -4.12. The van der Waals surface area contributed by atoms with E-state index in [1.165, 1.54) is 11.8 Å². The quantitative estimate of drug-likeness (QED) is 0.179. The molecule has 5 rings (SSSR count). The van der Waals surface area contributed by atoms with Gasteiger partial charge in [0.2, 0.25) is 11.8 Å². The van der Waals surface area contributed by atoms with E-state index in [9.17, 15) is 57.5 Å². The second-order valence-corrected chi connectivity index (χ2v) is 15.5. The number of likely N-dealkylation sites (tertiary alicyclic amines) is 2. The molecule has 282 valence electrons. The zero-order valence-corrected chi connectivity index (χ0v) is 28.6. The molecule has 0 N–H and O–H groups in total. The van der Waals surface area contributed by atoms with E-state index in [-0.39, 0.29) is 50.4 Å². The van der Waals surface area contributed by atoms with Gasteiger partial charge >= 0.3 is 12.4 Å². The summed E-state index contributed by atoms with van der Waals surface area (Å²) in [5.74, 6) is -4.31. The third-order valence-corrected chi connectivity index (χ3v) is 12.6. The van der Waals surface area contributed by atoms with E-state index in [0.717, 1.165) is 42.5 Å². The Morgan fingerprint density at radius 1 is 0.769 bits per heavy atom. The molecule has 1 atom stereocenters. The van der Waals surface area contributed by atoms with Crippen LogP contribution in [0.25, 0.3) is 0 Å². The Morgan fingerprint density at radius 2 is 1.29 bits per heavy atom. The van der Waals surface area contributed by atoms with Crippen molar-refractivity contribution in [2.45, 2.75) is 67.3 Å². The van der Waals surface area contributed by atoms with Gasteiger partial charge in [0.1, 0.15) is 22.2 Å². The average molecular weight is 765 g/mol. The molecule has 0 radical (unpaired) electrons. The van der Waals surface area contributed by atoms with Crippen molar-refractivity contribution in [3.05, 3.63) is 101 Å². The second-order valence-electron chi connectivity index (χ2n) is 13.2. The van der Waals surface area contributed by atoms with E-state index < -0.39 is 90.5 Å². The third-order valence-electron chi connectivity index (χ3n) is 10.1. The summed E-state index contributed by atoms with van der Waals surface area (Å²) >= 11 is 0. The van der Waals surface area contributed by atoms with Gasteiger partial charge in [0.25, 0.3) is 5.60 Å². The van der Waals surface area contributed by atoms with E-state index in [4.69, 9.17) is 0 Å². The second kappa shape index (κ2) is 13.7. The first-order valence-corrected chi connectivity index (χ1v) is 17.4. The number of halogens is 9. The number of carbonyl (C=O) groups is 2. The van der Waals surface area contributed by atoms with Gasteiger partial charge in [0, 0.05) is 49.6 Å². The van der Waals surface area contributed by atoms with Crippen molar-refractivity contribution in [2.24, 2.45) is 5.41 Å². The summed E-state index contributed by atoms with van der Waals surface area (Å²) in [7, 11) is -4.64. The number of benzene rings is 3. The molecule has 2 amide bonds. The molecule has 2 heterocycles. The van der Waals surface area contributed by atoms with E-state index in [1.807, 2.05) is 0 Å². The van der Waals surface area contributed by atoms with Crippen molar-refractivity contribution in [3.63, 3.8) is 0 Å². The molecule has 2 aliphatic heterocycles. The van der Waals surface area contributed by atoms with Crippen molar-refractivity contribution < 1.29 is 62.3 Å². The first kappa shape index (κ1) is 39.1. The van der Waals surface area contributed by atoms with Crippen LogP contribution < -0.4 is 0 Å². The summed E-state index contributed by atoms with van der Waals surface area (Å²) in [6, 6.07) is 8.00. The molecule has 2 fully saturated rings. The zero-order chi connectivity index (χ0) is 38.5. The maximum Gasteiger partial charge on any atom is 0.430 e. The predicted molar refractivity (Wildman–Crippen MR) is 167 cm³/mol. The number of piperidine rings is 1. The number of nitrogens with zero attached hydrogens (tertiary/aromatic N) is 2. The lowest BCUT2D eigenvalue weighted by atomic mass is 9.79. The van der Waals surface area contributed by atoms with Crippen LogP contribution in [0.15, 0.2) is 71.6 Å². The topological polar surface area (TPSA) is 84.0 Å². The van der Waals surface area contributed by atoms with Crippen molar-refractivity contribution in [3.8, 4) is 0 Å². The number of ether oxygens (including phenoxy) is 1. The molecule has 2 saturated heterocycles. The highest BCUT2D eigenvalue weighted by atomic mass is 32.2. The molecule has 0 bridgehead atoms. The van der Waals surface area contributed by atoms with Gasteiger partial charge in [0.05, 0.1) is 11.5 Å². The van der Waals surface area contributed by atoms with Gasteiger partial charge in [-0.05, 0) is 61.2 Å². The molecule has 0 unspecified atom stereocenters. The molecule has 17 heteroatoms. The van der Waals surface area contributed by atoms with E-state index in [0.29, 0.717) is 24.3 Å². The average Bonchev–Trinajstić information content (AvgIpc) is 3.52. The maximum absolute atomic E-state index is 14.6. The minimum absolute atomic E-state index is 0.167. The lowest BCUT2D eigenvalue weighted by Gasteiger charge is -2.40. The standard InChI is InChI=1S/C35H33F9N2O5S/c1-22(47)45-17-14-31(2,15-18-45)30(48)46-19-16-32(21-46,52(49,50)26-12-10-25(36)11-13-26)23-6-8-24(9-7-23)33(34(39,40)41,35(42,43)44)51-20-27-28(37)4-3-5-29(27)38/h3-13H,14-21H2,1-2H3/t32-/m0/s1. The minimum atomic E-state index is -6.24. The van der Waals surface area contributed by atoms with Crippen LogP contribution >= 0.6 is 0 Å². The Morgan fingerprint density at radius 3 is 1.79 bits per heavy atom. The van der Waals surface area contributed by atoms with Gasteiger partial charge in [-0.2, -0.15) is 26.3 Å². The van der Waals surface area contributed by atoms with E-state index in [2.05, 4.69) is 4.74 Å². The fourth-order valence-corrected chi connectivity index (χ4v) is 8.99. The maximum atomic E-state index is 14.6. The van der Waals surface area contributed by atoms with Crippen LogP contribution in [-0.2, 0) is 41.1 Å². The van der Waals surface area contributed by atoms with Crippen molar-refractivity contribution in [1.82, 2.24) is 9.80 Å². The number of rotatable bonds is 8. The van der Waals surface area contributed by atoms with Crippen molar-refractivity contribution in [1.29, 1.82) is 0 Å². The van der Waals surface area contributed by atoms with E-state index in [1.54, 1.807) is 11.8 Å². The van der Waals surface area contributed by atoms with Crippen LogP contribution in [0.2, 0.25) is 0 Å². The SMILES string of the molecule is CC(=O)N1CCC(C)(C(=O)N2CC[C@](c3ccc(C(OCc4c(F)cccc4F)(C(F)(F)F)C(F)(F)F)cc3)(S(=O)(=O)c3ccc(F)cc3)C2)CC1. The lowest BCUT2D eigenvalue weighted by molar-refractivity contribution is -0.392. The minimum Gasteiger partial charge on any atom is -0.349 e. The lowest BCUT2D eigenvalue weighted by Crippen LogP contribution is -2.56. The predicted octanol–water partition coefficient (Wildman–Crippen LogP) is 7.19. The molecule has 7 nitrogen and oxygen atoms in total. The highest BCUT2D eigenvalue weighted by molar-refractivity contribution is 7.92. The summed E-state index contributed by atoms with van der Waals surface area (Å²) in [6.07, 6.45) is -12.3. The number of alkyl halides is 6. The molecule has 0 spiro atoms. The highest BCUT2D eigenvalue weighted by Crippen LogP contribution is 2.54. The summed E-state index contributed by atoms with van der Waals surface area (Å²) in [5, 5.41) is 0.